The van der Waals surface area contributed by atoms with Crippen LogP contribution in [-0.4, -0.2) is 33.0 Å². The number of carbonyl (C=O) groups is 1. The molecular formula is C19H31NO3Si. The topological polar surface area (TPSA) is 47.6 Å². The Labute approximate surface area is 147 Å². The predicted octanol–water partition coefficient (Wildman–Crippen LogP) is 3.87. The van der Waals surface area contributed by atoms with Crippen molar-refractivity contribution in [2.75, 3.05) is 6.61 Å². The van der Waals surface area contributed by atoms with Crippen molar-refractivity contribution < 1.29 is 14.0 Å². The number of amides is 1. The van der Waals surface area contributed by atoms with Gasteiger partial charge in [0, 0.05) is 6.42 Å². The largest absolute Gasteiger partial charge is 0.412 e. The van der Waals surface area contributed by atoms with Crippen molar-refractivity contribution in [1.29, 1.82) is 0 Å². The Kier molecular flexibility index (Phi) is 6.23. The third-order valence-electron chi connectivity index (χ3n) is 5.11. The van der Waals surface area contributed by atoms with Gasteiger partial charge < -0.3 is 14.5 Å². The molecule has 0 radical (unpaired) electrons. The maximum atomic E-state index is 11.8. The molecule has 0 spiro atoms. The summed E-state index contributed by atoms with van der Waals surface area (Å²) in [6.07, 6.45) is 1.35. The van der Waals surface area contributed by atoms with Crippen molar-refractivity contribution >= 4 is 14.2 Å². The van der Waals surface area contributed by atoms with Gasteiger partial charge in [-0.15, -0.1) is 0 Å². The van der Waals surface area contributed by atoms with E-state index in [1.807, 2.05) is 30.3 Å². The van der Waals surface area contributed by atoms with Crippen LogP contribution in [0, 0.1) is 0 Å². The summed E-state index contributed by atoms with van der Waals surface area (Å²) in [5.41, 5.74) is 1.14. The van der Waals surface area contributed by atoms with E-state index in [1.165, 1.54) is 0 Å². The smallest absolute Gasteiger partial charge is 0.220 e. The maximum absolute atomic E-state index is 11.8. The van der Waals surface area contributed by atoms with Crippen LogP contribution in [0.2, 0.25) is 18.1 Å². The summed E-state index contributed by atoms with van der Waals surface area (Å²) in [4.78, 5) is 11.8. The lowest BCUT2D eigenvalue weighted by atomic mass is 10.0. The van der Waals surface area contributed by atoms with Crippen molar-refractivity contribution in [3.05, 3.63) is 35.9 Å². The third kappa shape index (κ3) is 5.16. The fraction of sp³-hybridized carbons (Fsp3) is 0.632. The Hall–Kier alpha value is -1.17. The van der Waals surface area contributed by atoms with E-state index in [-0.39, 0.29) is 23.1 Å². The van der Waals surface area contributed by atoms with Crippen molar-refractivity contribution in [1.82, 2.24) is 5.32 Å². The lowest BCUT2D eigenvalue weighted by molar-refractivity contribution is -0.126. The minimum absolute atomic E-state index is 0.0411. The Bertz CT molecular complexity index is 539. The molecule has 24 heavy (non-hydrogen) atoms. The van der Waals surface area contributed by atoms with E-state index in [2.05, 4.69) is 39.2 Å². The van der Waals surface area contributed by atoms with E-state index in [0.717, 1.165) is 12.0 Å². The van der Waals surface area contributed by atoms with Crippen LogP contribution in [0.15, 0.2) is 30.3 Å². The average molecular weight is 350 g/mol. The Morgan fingerprint density at radius 2 is 1.88 bits per heavy atom. The molecule has 1 aliphatic heterocycles. The summed E-state index contributed by atoms with van der Waals surface area (Å²) < 4.78 is 12.4. The summed E-state index contributed by atoms with van der Waals surface area (Å²) in [6.45, 7) is 12.3. The highest BCUT2D eigenvalue weighted by atomic mass is 28.4. The van der Waals surface area contributed by atoms with Gasteiger partial charge in [0.1, 0.15) is 0 Å². The van der Waals surface area contributed by atoms with E-state index in [0.29, 0.717) is 19.6 Å². The van der Waals surface area contributed by atoms with Gasteiger partial charge in [-0.1, -0.05) is 51.1 Å². The summed E-state index contributed by atoms with van der Waals surface area (Å²) >= 11 is 0. The van der Waals surface area contributed by atoms with E-state index in [4.69, 9.17) is 9.16 Å². The summed E-state index contributed by atoms with van der Waals surface area (Å²) in [7, 11) is -1.87. The van der Waals surface area contributed by atoms with Crippen LogP contribution in [-0.2, 0) is 20.6 Å². The molecule has 1 N–H and O–H groups in total. The number of rotatable bonds is 6. The standard InChI is InChI=1S/C19H31NO3Si/c1-19(2,3)24(4,5)23-17-11-12-18(21)20-16(17)14-22-13-15-9-7-6-8-10-15/h6-10,16-17H,11-14H2,1-5H3,(H,20,21)/t16-,17-/m1/s1. The zero-order valence-corrected chi connectivity index (χ0v) is 16.6. The van der Waals surface area contributed by atoms with Gasteiger partial charge in [0.2, 0.25) is 5.91 Å². The van der Waals surface area contributed by atoms with Crippen LogP contribution in [0.25, 0.3) is 0 Å². The van der Waals surface area contributed by atoms with Crippen LogP contribution in [0.5, 0.6) is 0 Å². The molecule has 0 unspecified atom stereocenters. The molecule has 1 aromatic carbocycles. The van der Waals surface area contributed by atoms with Crippen molar-refractivity contribution in [2.24, 2.45) is 0 Å². The van der Waals surface area contributed by atoms with Gasteiger partial charge in [0.25, 0.3) is 0 Å². The van der Waals surface area contributed by atoms with Crippen LogP contribution in [0.3, 0.4) is 0 Å². The molecule has 0 aliphatic carbocycles. The summed E-state index contributed by atoms with van der Waals surface area (Å²) in [6, 6.07) is 10.0. The molecule has 0 saturated carbocycles. The quantitative estimate of drug-likeness (QED) is 0.793. The second-order valence-electron chi connectivity index (χ2n) is 8.13. The van der Waals surface area contributed by atoms with Gasteiger partial charge in [0.05, 0.1) is 25.4 Å². The van der Waals surface area contributed by atoms with E-state index < -0.39 is 8.32 Å². The second-order valence-corrected chi connectivity index (χ2v) is 12.9. The molecule has 1 aromatic rings. The number of benzene rings is 1. The van der Waals surface area contributed by atoms with Crippen molar-refractivity contribution in [3.8, 4) is 0 Å². The Morgan fingerprint density at radius 3 is 2.50 bits per heavy atom. The van der Waals surface area contributed by atoms with Gasteiger partial charge in [0.15, 0.2) is 8.32 Å². The predicted molar refractivity (Wildman–Crippen MR) is 99.3 cm³/mol. The van der Waals surface area contributed by atoms with Crippen molar-refractivity contribution in [3.63, 3.8) is 0 Å². The Balaban J connectivity index is 1.94. The van der Waals surface area contributed by atoms with Gasteiger partial charge >= 0.3 is 0 Å². The first-order valence-corrected chi connectivity index (χ1v) is 11.7. The molecule has 2 rings (SSSR count). The van der Waals surface area contributed by atoms with Crippen LogP contribution in [0.1, 0.15) is 39.2 Å². The molecule has 134 valence electrons. The molecule has 1 fully saturated rings. The monoisotopic (exact) mass is 349 g/mol. The molecular weight excluding hydrogens is 318 g/mol. The second kappa shape index (κ2) is 7.81. The SMILES string of the molecule is CC(C)(C)[Si](C)(C)O[C@@H]1CCC(=O)N[C@@H]1COCc1ccccc1. The van der Waals surface area contributed by atoms with Gasteiger partial charge in [-0.25, -0.2) is 0 Å². The van der Waals surface area contributed by atoms with Gasteiger partial charge in [-0.2, -0.15) is 0 Å². The first-order chi connectivity index (χ1) is 11.2. The number of hydrogen-bond acceptors (Lipinski definition) is 3. The molecule has 1 amide bonds. The molecule has 0 bridgehead atoms. The van der Waals surface area contributed by atoms with E-state index >= 15 is 0 Å². The summed E-state index contributed by atoms with van der Waals surface area (Å²) in [5, 5.41) is 3.22. The lowest BCUT2D eigenvalue weighted by Crippen LogP contribution is -2.56. The van der Waals surface area contributed by atoms with Crippen molar-refractivity contribution in [2.45, 2.75) is 70.5 Å². The summed E-state index contributed by atoms with van der Waals surface area (Å²) in [5.74, 6) is 0.0957. The normalized spacial score (nSPS) is 22.3. The minimum atomic E-state index is -1.87. The molecule has 4 nitrogen and oxygen atoms in total. The zero-order valence-electron chi connectivity index (χ0n) is 15.6. The average Bonchev–Trinajstić information content (AvgIpc) is 2.50. The fourth-order valence-electron chi connectivity index (χ4n) is 2.57. The lowest BCUT2D eigenvalue weighted by Gasteiger charge is -2.43. The first kappa shape index (κ1) is 19.2. The van der Waals surface area contributed by atoms with Gasteiger partial charge in [-0.3, -0.25) is 4.79 Å². The molecule has 1 saturated heterocycles. The maximum Gasteiger partial charge on any atom is 0.220 e. The van der Waals surface area contributed by atoms with Gasteiger partial charge in [-0.05, 0) is 30.1 Å². The number of piperidine rings is 1. The molecule has 2 atom stereocenters. The van der Waals surface area contributed by atoms with Crippen LogP contribution in [0.4, 0.5) is 0 Å². The fourth-order valence-corrected chi connectivity index (χ4v) is 3.96. The first-order valence-electron chi connectivity index (χ1n) is 8.78. The van der Waals surface area contributed by atoms with Crippen LogP contribution < -0.4 is 5.32 Å². The molecule has 1 heterocycles. The van der Waals surface area contributed by atoms with Crippen LogP contribution >= 0.6 is 0 Å². The molecule has 5 heteroatoms. The number of ether oxygens (including phenoxy) is 1. The van der Waals surface area contributed by atoms with E-state index in [9.17, 15) is 4.79 Å². The highest BCUT2D eigenvalue weighted by Gasteiger charge is 2.42. The highest BCUT2D eigenvalue weighted by molar-refractivity contribution is 6.74. The number of hydrogen-bond donors (Lipinski definition) is 1. The third-order valence-corrected chi connectivity index (χ3v) is 9.62. The minimum Gasteiger partial charge on any atom is -0.412 e. The number of carbonyl (C=O) groups excluding carboxylic acids is 1. The Morgan fingerprint density at radius 1 is 1.21 bits per heavy atom. The highest BCUT2D eigenvalue weighted by Crippen LogP contribution is 2.38. The number of nitrogens with one attached hydrogen (secondary N) is 1. The molecule has 0 aromatic heterocycles. The zero-order chi connectivity index (χ0) is 17.8. The molecule has 1 aliphatic rings. The van der Waals surface area contributed by atoms with E-state index in [1.54, 1.807) is 0 Å².